The van der Waals surface area contributed by atoms with Gasteiger partial charge in [-0.2, -0.15) is 0 Å². The summed E-state index contributed by atoms with van der Waals surface area (Å²) in [4.78, 5) is 4.63. The SMILES string of the molecule is CC[Si](CC)(c1cc(C)cc(C(C)(C)C)c1OC)[C]1([Lu]([CH2]c2ccccc2N(C)C)[CH2]c2ccccc2N(C)C)C(C)=C(C)C(C)=C1C. The fourth-order valence-electron chi connectivity index (χ4n) is 8.09. The van der Waals surface area contributed by atoms with Crippen molar-refractivity contribution in [1.82, 2.24) is 0 Å². The van der Waals surface area contributed by atoms with Crippen LogP contribution < -0.4 is 19.7 Å². The van der Waals surface area contributed by atoms with Gasteiger partial charge in [-0.25, -0.2) is 0 Å². The first kappa shape index (κ1) is 38.8. The molecule has 270 valence electrons. The minimum absolute atomic E-state index is 0.000255. The molecular formula is C43H63LuN2OSi. The fourth-order valence-corrected chi connectivity index (χ4v) is 26.4. The Labute approximate surface area is 307 Å². The van der Waals surface area contributed by atoms with Crippen LogP contribution in [-0.4, -0.2) is 43.4 Å². The first-order chi connectivity index (χ1) is 22.5. The van der Waals surface area contributed by atoms with Crippen LogP contribution in [0.3, 0.4) is 0 Å². The molecule has 5 heteroatoms. The number of nitrogens with zero attached hydrogens (tertiary/aromatic N) is 2. The average molecular weight is 827 g/mol. The summed E-state index contributed by atoms with van der Waals surface area (Å²) in [6, 6.07) is 25.6. The van der Waals surface area contributed by atoms with Gasteiger partial charge in [0.15, 0.2) is 0 Å². The zero-order valence-corrected chi connectivity index (χ0v) is 35.3. The molecule has 4 rings (SSSR count). The molecule has 1 aliphatic carbocycles. The molecule has 0 atom stereocenters. The third-order valence-electron chi connectivity index (χ3n) is 10.8. The number of anilines is 2. The third kappa shape index (κ3) is 6.60. The van der Waals surface area contributed by atoms with Crippen molar-refractivity contribution >= 4 is 24.6 Å². The second-order valence-corrected chi connectivity index (χ2v) is 25.0. The molecule has 0 saturated carbocycles. The van der Waals surface area contributed by atoms with E-state index in [-0.39, 0.29) is 6.67 Å². The van der Waals surface area contributed by atoms with Crippen molar-refractivity contribution in [3.05, 3.63) is 105 Å². The molecule has 0 aliphatic heterocycles. The Morgan fingerprint density at radius 2 is 1.15 bits per heavy atom. The van der Waals surface area contributed by atoms with Crippen molar-refractivity contribution in [2.45, 2.75) is 93.3 Å². The number of aryl methyl sites for hydroxylation is 1. The first-order valence-electron chi connectivity index (χ1n) is 17.5. The van der Waals surface area contributed by atoms with Crippen LogP contribution in [-0.2, 0) is 10.7 Å². The molecule has 0 heterocycles. The van der Waals surface area contributed by atoms with Gasteiger partial charge in [0, 0.05) is 0 Å². The van der Waals surface area contributed by atoms with Crippen LogP contribution in [0.1, 0.15) is 84.6 Å². The van der Waals surface area contributed by atoms with E-state index in [1.165, 1.54) is 62.0 Å². The molecule has 0 unspecified atom stereocenters. The van der Waals surface area contributed by atoms with E-state index < -0.39 is 39.2 Å². The molecule has 0 spiro atoms. The molecule has 3 nitrogen and oxygen atoms in total. The second kappa shape index (κ2) is 15.1. The zero-order valence-electron chi connectivity index (χ0n) is 32.7. The van der Waals surface area contributed by atoms with Gasteiger partial charge < -0.3 is 0 Å². The Hall–Kier alpha value is -2.01. The summed E-state index contributed by atoms with van der Waals surface area (Å²) in [5, 5.41) is 1.54. The Morgan fingerprint density at radius 1 is 0.708 bits per heavy atom. The van der Waals surface area contributed by atoms with Gasteiger partial charge in [0.1, 0.15) is 0 Å². The molecule has 1 aliphatic rings. The van der Waals surface area contributed by atoms with Gasteiger partial charge in [-0.15, -0.1) is 0 Å². The molecule has 0 aromatic heterocycles. The van der Waals surface area contributed by atoms with Gasteiger partial charge in [-0.1, -0.05) is 0 Å². The van der Waals surface area contributed by atoms with Gasteiger partial charge in [0.05, 0.1) is 0 Å². The number of rotatable bonds is 12. The van der Waals surface area contributed by atoms with E-state index in [1.807, 2.05) is 7.11 Å². The molecule has 3 aromatic carbocycles. The summed E-state index contributed by atoms with van der Waals surface area (Å²) >= 11 is -1.38. The minimum atomic E-state index is -2.43. The molecular weight excluding hydrogens is 764 g/mol. The Morgan fingerprint density at radius 3 is 1.52 bits per heavy atom. The average Bonchev–Trinajstić information content (AvgIpc) is 3.21. The monoisotopic (exact) mass is 826 g/mol. The van der Waals surface area contributed by atoms with E-state index in [1.54, 1.807) is 11.1 Å². The van der Waals surface area contributed by atoms with E-state index >= 15 is 0 Å². The molecule has 0 N–H and O–H groups in total. The number of allylic oxidation sites excluding steroid dienone is 4. The van der Waals surface area contributed by atoms with Crippen LogP contribution in [0.15, 0.2) is 83.0 Å². The molecule has 3 aromatic rings. The van der Waals surface area contributed by atoms with Gasteiger partial charge in [0.25, 0.3) is 0 Å². The van der Waals surface area contributed by atoms with Gasteiger partial charge >= 0.3 is 310 Å². The number of hydrogen-bond acceptors (Lipinski definition) is 3. The molecule has 0 radical (unpaired) electrons. The van der Waals surface area contributed by atoms with E-state index in [0.717, 1.165) is 11.0 Å². The van der Waals surface area contributed by atoms with Crippen LogP contribution in [0.5, 0.6) is 5.75 Å². The van der Waals surface area contributed by atoms with Crippen LogP contribution in [0.25, 0.3) is 0 Å². The van der Waals surface area contributed by atoms with Crippen molar-refractivity contribution in [3.63, 3.8) is 0 Å². The van der Waals surface area contributed by atoms with Crippen molar-refractivity contribution in [2.75, 3.05) is 45.1 Å². The van der Waals surface area contributed by atoms with Gasteiger partial charge in [0.2, 0.25) is 0 Å². The summed E-state index contributed by atoms with van der Waals surface area (Å²) < 4.78 is 8.84. The van der Waals surface area contributed by atoms with E-state index in [0.29, 0.717) is 0 Å². The second-order valence-electron chi connectivity index (χ2n) is 15.0. The zero-order chi connectivity index (χ0) is 35.8. The first-order valence-corrected chi connectivity index (χ1v) is 23.1. The number of methoxy groups -OCH3 is 1. The summed E-state index contributed by atoms with van der Waals surface area (Å²) in [6.45, 7) is 24.2. The standard InChI is InChI=1S/C25H39OSi.2C9H12N.Lu/c1-12-27(13-2,24-19(6)17(4)18(5)20(24)7)22-15-16(3)14-21(23(22)26-11)25(8,9)10;2*1-8-6-4-5-7-9(8)10(2)3;/h14-15H,12-13H2,1-11H3;2*4-7H,1H2,2-3H3;. The van der Waals surface area contributed by atoms with Crippen molar-refractivity contribution in [1.29, 1.82) is 0 Å². The van der Waals surface area contributed by atoms with Crippen molar-refractivity contribution in [2.24, 2.45) is 0 Å². The molecule has 0 saturated heterocycles. The van der Waals surface area contributed by atoms with Gasteiger partial charge in [-0.05, 0) is 0 Å². The summed E-state index contributed by atoms with van der Waals surface area (Å²) in [5.41, 5.74) is 14.6. The maximum atomic E-state index is 6.62. The van der Waals surface area contributed by atoms with E-state index in [9.17, 15) is 0 Å². The predicted octanol–water partition coefficient (Wildman–Crippen LogP) is 10.5. The summed E-state index contributed by atoms with van der Waals surface area (Å²) in [7, 11) is 8.29. The number of ether oxygens (including phenoxy) is 1. The Balaban J connectivity index is 2.22. The number of benzene rings is 3. The van der Waals surface area contributed by atoms with Gasteiger partial charge in [-0.3, -0.25) is 0 Å². The van der Waals surface area contributed by atoms with Crippen LogP contribution in [0.4, 0.5) is 11.4 Å². The number of para-hydroxylation sites is 2. The Kier molecular flexibility index (Phi) is 12.2. The fraction of sp³-hybridized carbons (Fsp3) is 0.488. The van der Waals surface area contributed by atoms with E-state index in [4.69, 9.17) is 4.74 Å². The molecule has 0 fully saturated rings. The molecule has 0 amide bonds. The number of hydrogen-bond donors (Lipinski definition) is 0. The van der Waals surface area contributed by atoms with Crippen LogP contribution in [0.2, 0.25) is 13.3 Å². The summed E-state index contributed by atoms with van der Waals surface area (Å²) in [6.07, 6.45) is 0. The third-order valence-corrected chi connectivity index (χ3v) is 26.0. The predicted molar refractivity (Wildman–Crippen MR) is 211 cm³/mol. The van der Waals surface area contributed by atoms with Crippen LogP contribution in [0, 0.1) is 38.0 Å². The summed E-state index contributed by atoms with van der Waals surface area (Å²) in [5.74, 6) is 1.15. The normalized spacial score (nSPS) is 15.3. The molecule has 0 bridgehead atoms. The Bertz CT molecular complexity index is 1610. The topological polar surface area (TPSA) is 15.7 Å². The van der Waals surface area contributed by atoms with Crippen LogP contribution >= 0.6 is 0 Å². The molecule has 48 heavy (non-hydrogen) atoms. The maximum absolute atomic E-state index is 6.62. The van der Waals surface area contributed by atoms with Crippen molar-refractivity contribution < 1.29 is 35.9 Å². The van der Waals surface area contributed by atoms with Crippen molar-refractivity contribution in [3.8, 4) is 5.75 Å². The van der Waals surface area contributed by atoms with E-state index in [2.05, 4.69) is 168 Å². The quantitative estimate of drug-likeness (QED) is 0.169.